The predicted molar refractivity (Wildman–Crippen MR) is 82.2 cm³/mol. The zero-order chi connectivity index (χ0) is 14.5. The van der Waals surface area contributed by atoms with Gasteiger partial charge in [0.1, 0.15) is 10.8 Å². The van der Waals surface area contributed by atoms with Crippen molar-refractivity contribution < 1.29 is 9.13 Å². The van der Waals surface area contributed by atoms with E-state index in [0.29, 0.717) is 11.5 Å². The normalized spacial score (nSPS) is 17.3. The number of likely N-dealkylation sites (tertiary alicyclic amines) is 1. The maximum absolute atomic E-state index is 13.3. The van der Waals surface area contributed by atoms with E-state index >= 15 is 0 Å². The van der Waals surface area contributed by atoms with Gasteiger partial charge in [-0.05, 0) is 49.5 Å². The van der Waals surface area contributed by atoms with Crippen LogP contribution in [0.15, 0.2) is 18.2 Å². The lowest BCUT2D eigenvalue weighted by Gasteiger charge is -2.32. The van der Waals surface area contributed by atoms with Gasteiger partial charge in [0.2, 0.25) is 0 Å². The number of nitrogens with two attached hydrogens (primary N) is 1. The van der Waals surface area contributed by atoms with E-state index in [2.05, 4.69) is 4.90 Å². The molecule has 1 fully saturated rings. The molecule has 1 aliphatic rings. The standard InChI is InChI=1S/C15H21FN2OS/c1-19-10-11-4-6-18(7-5-11)9-12-2-3-13(16)8-14(12)15(17)20/h2-3,8,11H,4-7,9-10H2,1H3,(H2,17,20). The van der Waals surface area contributed by atoms with Gasteiger partial charge >= 0.3 is 0 Å². The van der Waals surface area contributed by atoms with Gasteiger partial charge in [0.15, 0.2) is 0 Å². The summed E-state index contributed by atoms with van der Waals surface area (Å²) in [6, 6.07) is 4.68. The van der Waals surface area contributed by atoms with E-state index in [1.807, 2.05) is 0 Å². The Kier molecular flexibility index (Phi) is 5.46. The second-order valence-electron chi connectivity index (χ2n) is 5.34. The molecular weight excluding hydrogens is 275 g/mol. The summed E-state index contributed by atoms with van der Waals surface area (Å²) in [7, 11) is 1.75. The van der Waals surface area contributed by atoms with Crippen LogP contribution in [0.5, 0.6) is 0 Å². The molecule has 2 rings (SSSR count). The summed E-state index contributed by atoms with van der Waals surface area (Å²) in [6.07, 6.45) is 2.27. The summed E-state index contributed by atoms with van der Waals surface area (Å²) < 4.78 is 18.5. The van der Waals surface area contributed by atoms with Crippen LogP contribution in [-0.4, -0.2) is 36.7 Å². The Morgan fingerprint density at radius 2 is 2.15 bits per heavy atom. The fraction of sp³-hybridized carbons (Fsp3) is 0.533. The van der Waals surface area contributed by atoms with Gasteiger partial charge in [-0.2, -0.15) is 0 Å². The lowest BCUT2D eigenvalue weighted by molar-refractivity contribution is 0.0968. The molecule has 0 unspecified atom stereocenters. The molecule has 0 radical (unpaired) electrons. The van der Waals surface area contributed by atoms with Crippen molar-refractivity contribution in [1.29, 1.82) is 0 Å². The molecule has 1 aromatic rings. The first-order valence-electron chi connectivity index (χ1n) is 6.89. The van der Waals surface area contributed by atoms with E-state index < -0.39 is 0 Å². The second-order valence-corrected chi connectivity index (χ2v) is 5.78. The van der Waals surface area contributed by atoms with Crippen LogP contribution in [0.2, 0.25) is 0 Å². The van der Waals surface area contributed by atoms with Gasteiger partial charge in [0, 0.05) is 25.8 Å². The molecule has 1 heterocycles. The van der Waals surface area contributed by atoms with E-state index in [1.54, 1.807) is 13.2 Å². The van der Waals surface area contributed by atoms with Crippen LogP contribution in [0, 0.1) is 11.7 Å². The molecular formula is C15H21FN2OS. The summed E-state index contributed by atoms with van der Waals surface area (Å²) in [4.78, 5) is 2.62. The summed E-state index contributed by atoms with van der Waals surface area (Å²) in [5.41, 5.74) is 7.34. The Morgan fingerprint density at radius 3 is 2.75 bits per heavy atom. The maximum Gasteiger partial charge on any atom is 0.123 e. The van der Waals surface area contributed by atoms with Crippen LogP contribution in [0.3, 0.4) is 0 Å². The molecule has 5 heteroatoms. The number of halogens is 1. The monoisotopic (exact) mass is 296 g/mol. The molecule has 1 saturated heterocycles. The van der Waals surface area contributed by atoms with E-state index in [9.17, 15) is 4.39 Å². The van der Waals surface area contributed by atoms with Crippen molar-refractivity contribution in [2.24, 2.45) is 11.7 Å². The zero-order valence-corrected chi connectivity index (χ0v) is 12.6. The highest BCUT2D eigenvalue weighted by Gasteiger charge is 2.20. The van der Waals surface area contributed by atoms with Crippen molar-refractivity contribution in [2.75, 3.05) is 26.8 Å². The van der Waals surface area contributed by atoms with Gasteiger partial charge in [-0.25, -0.2) is 4.39 Å². The van der Waals surface area contributed by atoms with Gasteiger partial charge in [0.05, 0.1) is 0 Å². The number of nitrogens with zero attached hydrogens (tertiary/aromatic N) is 1. The average Bonchev–Trinajstić information content (AvgIpc) is 2.43. The van der Waals surface area contributed by atoms with Crippen LogP contribution in [-0.2, 0) is 11.3 Å². The predicted octanol–water partition coefficient (Wildman–Crippen LogP) is 2.32. The highest BCUT2D eigenvalue weighted by Crippen LogP contribution is 2.21. The van der Waals surface area contributed by atoms with E-state index in [0.717, 1.165) is 44.6 Å². The Labute approximate surface area is 124 Å². The summed E-state index contributed by atoms with van der Waals surface area (Å²) in [5, 5.41) is 0. The van der Waals surface area contributed by atoms with Gasteiger partial charge in [-0.3, -0.25) is 4.90 Å². The lowest BCUT2D eigenvalue weighted by atomic mass is 9.97. The van der Waals surface area contributed by atoms with Gasteiger partial charge in [0.25, 0.3) is 0 Å². The second kappa shape index (κ2) is 7.11. The molecule has 3 nitrogen and oxygen atoms in total. The van der Waals surface area contributed by atoms with Crippen LogP contribution in [0.1, 0.15) is 24.0 Å². The first-order chi connectivity index (χ1) is 9.60. The van der Waals surface area contributed by atoms with Crippen LogP contribution < -0.4 is 5.73 Å². The minimum atomic E-state index is -0.296. The molecule has 0 aromatic heterocycles. The van der Waals surface area contributed by atoms with Crippen molar-refractivity contribution >= 4 is 17.2 Å². The molecule has 0 aliphatic carbocycles. The first-order valence-corrected chi connectivity index (χ1v) is 7.30. The van der Waals surface area contributed by atoms with Crippen molar-refractivity contribution in [3.63, 3.8) is 0 Å². The number of rotatable bonds is 5. The van der Waals surface area contributed by atoms with E-state index in [4.69, 9.17) is 22.7 Å². The average molecular weight is 296 g/mol. The lowest BCUT2D eigenvalue weighted by Crippen LogP contribution is -2.35. The molecule has 0 spiro atoms. The Morgan fingerprint density at radius 1 is 1.45 bits per heavy atom. The Bertz CT molecular complexity index is 473. The fourth-order valence-corrected chi connectivity index (χ4v) is 2.89. The smallest absolute Gasteiger partial charge is 0.123 e. The zero-order valence-electron chi connectivity index (χ0n) is 11.8. The number of thiocarbonyl (C=S) groups is 1. The fourth-order valence-electron chi connectivity index (χ4n) is 2.70. The number of ether oxygens (including phenoxy) is 1. The van der Waals surface area contributed by atoms with E-state index in [-0.39, 0.29) is 10.8 Å². The molecule has 1 aliphatic heterocycles. The molecule has 0 bridgehead atoms. The van der Waals surface area contributed by atoms with Crippen molar-refractivity contribution in [3.8, 4) is 0 Å². The van der Waals surface area contributed by atoms with Crippen LogP contribution in [0.4, 0.5) is 4.39 Å². The summed E-state index contributed by atoms with van der Waals surface area (Å²) in [6.45, 7) is 3.67. The molecule has 0 saturated carbocycles. The number of benzene rings is 1. The molecule has 20 heavy (non-hydrogen) atoms. The Hall–Kier alpha value is -1.04. The van der Waals surface area contributed by atoms with E-state index in [1.165, 1.54) is 12.1 Å². The summed E-state index contributed by atoms with van der Waals surface area (Å²) in [5.74, 6) is 0.356. The van der Waals surface area contributed by atoms with Crippen molar-refractivity contribution in [1.82, 2.24) is 4.90 Å². The third kappa shape index (κ3) is 3.98. The number of hydrogen-bond donors (Lipinski definition) is 1. The first kappa shape index (κ1) is 15.4. The SMILES string of the molecule is COCC1CCN(Cc2ccc(F)cc2C(N)=S)CC1. The molecule has 1 aromatic carbocycles. The minimum Gasteiger partial charge on any atom is -0.389 e. The van der Waals surface area contributed by atoms with Gasteiger partial charge in [-0.1, -0.05) is 18.3 Å². The van der Waals surface area contributed by atoms with Gasteiger partial charge < -0.3 is 10.5 Å². The number of piperidine rings is 1. The molecule has 110 valence electrons. The third-order valence-electron chi connectivity index (χ3n) is 3.84. The summed E-state index contributed by atoms with van der Waals surface area (Å²) >= 11 is 5.01. The minimum absolute atomic E-state index is 0.258. The third-order valence-corrected chi connectivity index (χ3v) is 4.06. The highest BCUT2D eigenvalue weighted by molar-refractivity contribution is 7.80. The van der Waals surface area contributed by atoms with Crippen molar-refractivity contribution in [3.05, 3.63) is 35.1 Å². The number of methoxy groups -OCH3 is 1. The Balaban J connectivity index is 1.99. The maximum atomic E-state index is 13.3. The van der Waals surface area contributed by atoms with Crippen molar-refractivity contribution in [2.45, 2.75) is 19.4 Å². The topological polar surface area (TPSA) is 38.5 Å². The quantitative estimate of drug-likeness (QED) is 0.846. The highest BCUT2D eigenvalue weighted by atomic mass is 32.1. The van der Waals surface area contributed by atoms with Gasteiger partial charge in [-0.15, -0.1) is 0 Å². The van der Waals surface area contributed by atoms with Crippen LogP contribution >= 0.6 is 12.2 Å². The molecule has 0 atom stereocenters. The number of hydrogen-bond acceptors (Lipinski definition) is 3. The largest absolute Gasteiger partial charge is 0.389 e. The molecule has 0 amide bonds. The van der Waals surface area contributed by atoms with Crippen LogP contribution in [0.25, 0.3) is 0 Å². The molecule has 2 N–H and O–H groups in total.